The Balaban J connectivity index is 3.12. The summed E-state index contributed by atoms with van der Waals surface area (Å²) in [5.74, 6) is -0.921. The monoisotopic (exact) mass is 204 g/mol. The molecule has 0 amide bonds. The van der Waals surface area contributed by atoms with E-state index < -0.39 is 12.0 Å². The van der Waals surface area contributed by atoms with Crippen LogP contribution in [-0.4, -0.2) is 30.1 Å². The molecule has 0 aromatic heterocycles. The third-order valence-corrected chi connectivity index (χ3v) is 2.08. The highest BCUT2D eigenvalue weighted by Gasteiger charge is 2.21. The van der Waals surface area contributed by atoms with E-state index >= 15 is 0 Å². The van der Waals surface area contributed by atoms with Crippen LogP contribution in [0.5, 0.6) is 0 Å². The summed E-state index contributed by atoms with van der Waals surface area (Å²) in [6, 6.07) is 7.92. The van der Waals surface area contributed by atoms with Crippen LogP contribution in [0, 0.1) is 11.3 Å². The van der Waals surface area contributed by atoms with Gasteiger partial charge in [0.25, 0.3) is 0 Å². The first-order chi connectivity index (χ1) is 7.06. The number of hydrogen-bond acceptors (Lipinski definition) is 3. The fourth-order valence-electron chi connectivity index (χ4n) is 1.44. The van der Waals surface area contributed by atoms with Gasteiger partial charge >= 0.3 is 5.97 Å². The summed E-state index contributed by atoms with van der Waals surface area (Å²) in [6.45, 7) is 0. The zero-order valence-electron chi connectivity index (χ0n) is 8.64. The van der Waals surface area contributed by atoms with Gasteiger partial charge in [0.1, 0.15) is 6.04 Å². The highest BCUT2D eigenvalue weighted by Crippen LogP contribution is 2.19. The molecule has 4 heteroatoms. The first-order valence-electron chi connectivity index (χ1n) is 4.45. The predicted octanol–water partition coefficient (Wildman–Crippen LogP) is 1.25. The van der Waals surface area contributed by atoms with Gasteiger partial charge in [-0.1, -0.05) is 12.1 Å². The Kier molecular flexibility index (Phi) is 3.42. The minimum absolute atomic E-state index is 0.473. The molecule has 0 fully saturated rings. The van der Waals surface area contributed by atoms with Gasteiger partial charge in [-0.05, 0) is 31.8 Å². The number of carbonyl (C=O) groups is 1. The van der Waals surface area contributed by atoms with Crippen molar-refractivity contribution < 1.29 is 9.90 Å². The number of nitriles is 1. The molecular weight excluding hydrogens is 192 g/mol. The molecule has 0 saturated heterocycles. The first-order valence-corrected chi connectivity index (χ1v) is 4.45. The van der Waals surface area contributed by atoms with Gasteiger partial charge in [-0.2, -0.15) is 5.26 Å². The lowest BCUT2D eigenvalue weighted by Gasteiger charge is -2.20. The van der Waals surface area contributed by atoms with E-state index in [0.29, 0.717) is 11.1 Å². The average molecular weight is 204 g/mol. The molecule has 1 rings (SSSR count). The van der Waals surface area contributed by atoms with Crippen molar-refractivity contribution in [3.8, 4) is 6.07 Å². The van der Waals surface area contributed by atoms with Crippen molar-refractivity contribution in [3.05, 3.63) is 35.4 Å². The topological polar surface area (TPSA) is 64.3 Å². The molecule has 0 heterocycles. The Hall–Kier alpha value is -1.86. The number of carboxylic acids is 1. The zero-order chi connectivity index (χ0) is 11.4. The van der Waals surface area contributed by atoms with E-state index in [1.165, 1.54) is 0 Å². The molecule has 0 spiro atoms. The van der Waals surface area contributed by atoms with Crippen LogP contribution in [-0.2, 0) is 4.79 Å². The Bertz CT molecular complexity index is 407. The largest absolute Gasteiger partial charge is 0.480 e. The van der Waals surface area contributed by atoms with E-state index in [0.717, 1.165) is 0 Å². The van der Waals surface area contributed by atoms with E-state index in [-0.39, 0.29) is 0 Å². The molecule has 78 valence electrons. The number of likely N-dealkylation sites (N-methyl/N-ethyl adjacent to an activating group) is 1. The SMILES string of the molecule is CN(C)[C@H](C(=O)O)c1cccc(C#N)c1. The molecule has 0 unspecified atom stereocenters. The summed E-state index contributed by atoms with van der Waals surface area (Å²) in [4.78, 5) is 12.6. The Morgan fingerprint density at radius 2 is 2.20 bits per heavy atom. The van der Waals surface area contributed by atoms with Gasteiger partial charge in [-0.25, -0.2) is 0 Å². The predicted molar refractivity (Wildman–Crippen MR) is 55.2 cm³/mol. The highest BCUT2D eigenvalue weighted by atomic mass is 16.4. The molecule has 0 aliphatic heterocycles. The van der Waals surface area contributed by atoms with Crippen LogP contribution in [0.1, 0.15) is 17.2 Å². The summed E-state index contributed by atoms with van der Waals surface area (Å²) in [6.07, 6.45) is 0. The summed E-state index contributed by atoms with van der Waals surface area (Å²) in [7, 11) is 3.38. The van der Waals surface area contributed by atoms with Crippen LogP contribution in [0.4, 0.5) is 0 Å². The van der Waals surface area contributed by atoms with Crippen molar-refractivity contribution in [2.45, 2.75) is 6.04 Å². The number of aliphatic carboxylic acids is 1. The highest BCUT2D eigenvalue weighted by molar-refractivity contribution is 5.75. The lowest BCUT2D eigenvalue weighted by molar-refractivity contribution is -0.142. The standard InChI is InChI=1S/C11H12N2O2/c1-13(2)10(11(14)15)9-5-3-4-8(6-9)7-12/h3-6,10H,1-2H3,(H,14,15)/t10-/m0/s1. The molecule has 1 aromatic carbocycles. The second kappa shape index (κ2) is 4.58. The molecule has 0 radical (unpaired) electrons. The number of hydrogen-bond donors (Lipinski definition) is 1. The third kappa shape index (κ3) is 2.55. The second-order valence-electron chi connectivity index (χ2n) is 3.44. The first kappa shape index (κ1) is 11.2. The summed E-state index contributed by atoms with van der Waals surface area (Å²) >= 11 is 0. The average Bonchev–Trinajstić information content (AvgIpc) is 2.17. The van der Waals surface area contributed by atoms with Gasteiger partial charge in [-0.3, -0.25) is 9.69 Å². The molecule has 1 atom stereocenters. The molecular formula is C11H12N2O2. The molecule has 15 heavy (non-hydrogen) atoms. The van der Waals surface area contributed by atoms with Gasteiger partial charge in [-0.15, -0.1) is 0 Å². The quantitative estimate of drug-likeness (QED) is 0.804. The number of rotatable bonds is 3. The molecule has 0 aliphatic carbocycles. The van der Waals surface area contributed by atoms with E-state index in [9.17, 15) is 4.79 Å². The summed E-state index contributed by atoms with van der Waals surface area (Å²) in [5.41, 5.74) is 1.09. The number of carboxylic acid groups (broad SMARTS) is 1. The van der Waals surface area contributed by atoms with Gasteiger partial charge in [0.2, 0.25) is 0 Å². The van der Waals surface area contributed by atoms with E-state index in [4.69, 9.17) is 10.4 Å². The zero-order valence-corrected chi connectivity index (χ0v) is 8.64. The van der Waals surface area contributed by atoms with Crippen LogP contribution in [0.25, 0.3) is 0 Å². The Morgan fingerprint density at radius 3 is 2.67 bits per heavy atom. The molecule has 1 aromatic rings. The maximum absolute atomic E-state index is 11.0. The van der Waals surface area contributed by atoms with Gasteiger partial charge in [0, 0.05) is 0 Å². The summed E-state index contributed by atoms with van der Waals surface area (Å²) in [5, 5.41) is 17.7. The molecule has 1 N–H and O–H groups in total. The van der Waals surface area contributed by atoms with Crippen molar-refractivity contribution in [1.29, 1.82) is 5.26 Å². The van der Waals surface area contributed by atoms with Crippen LogP contribution in [0.15, 0.2) is 24.3 Å². The van der Waals surface area contributed by atoms with Crippen LogP contribution < -0.4 is 0 Å². The smallest absolute Gasteiger partial charge is 0.325 e. The fourth-order valence-corrected chi connectivity index (χ4v) is 1.44. The van der Waals surface area contributed by atoms with Crippen molar-refractivity contribution in [2.24, 2.45) is 0 Å². The van der Waals surface area contributed by atoms with Crippen molar-refractivity contribution in [2.75, 3.05) is 14.1 Å². The normalized spacial score (nSPS) is 12.1. The molecule has 0 bridgehead atoms. The van der Waals surface area contributed by atoms with Crippen molar-refractivity contribution in [3.63, 3.8) is 0 Å². The van der Waals surface area contributed by atoms with Crippen LogP contribution in [0.3, 0.4) is 0 Å². The van der Waals surface area contributed by atoms with E-state index in [1.807, 2.05) is 6.07 Å². The Labute approximate surface area is 88.4 Å². The lowest BCUT2D eigenvalue weighted by Crippen LogP contribution is -2.27. The van der Waals surface area contributed by atoms with E-state index in [2.05, 4.69) is 0 Å². The maximum atomic E-state index is 11.0. The third-order valence-electron chi connectivity index (χ3n) is 2.08. The maximum Gasteiger partial charge on any atom is 0.325 e. The molecule has 4 nitrogen and oxygen atoms in total. The van der Waals surface area contributed by atoms with E-state index in [1.54, 1.807) is 43.3 Å². The van der Waals surface area contributed by atoms with Crippen molar-refractivity contribution >= 4 is 5.97 Å². The van der Waals surface area contributed by atoms with Crippen molar-refractivity contribution in [1.82, 2.24) is 4.90 Å². The number of benzene rings is 1. The Morgan fingerprint density at radius 1 is 1.53 bits per heavy atom. The minimum Gasteiger partial charge on any atom is -0.480 e. The molecule has 0 aliphatic rings. The van der Waals surface area contributed by atoms with Gasteiger partial charge < -0.3 is 5.11 Å². The lowest BCUT2D eigenvalue weighted by atomic mass is 10.0. The molecule has 0 saturated carbocycles. The van der Waals surface area contributed by atoms with Crippen LogP contribution >= 0.6 is 0 Å². The summed E-state index contributed by atoms with van der Waals surface area (Å²) < 4.78 is 0. The minimum atomic E-state index is -0.921. The van der Waals surface area contributed by atoms with Gasteiger partial charge in [0.15, 0.2) is 0 Å². The number of nitrogens with zero attached hydrogens (tertiary/aromatic N) is 2. The van der Waals surface area contributed by atoms with Gasteiger partial charge in [0.05, 0.1) is 11.6 Å². The second-order valence-corrected chi connectivity index (χ2v) is 3.44. The van der Waals surface area contributed by atoms with Crippen LogP contribution in [0.2, 0.25) is 0 Å². The fraction of sp³-hybridized carbons (Fsp3) is 0.273.